The number of quaternary nitrogens is 1. The Bertz CT molecular complexity index is 1030. The molecule has 1 amide bonds. The van der Waals surface area contributed by atoms with Crippen LogP contribution >= 0.6 is 11.3 Å². The van der Waals surface area contributed by atoms with E-state index >= 15 is 0 Å². The molecule has 2 heterocycles. The van der Waals surface area contributed by atoms with E-state index in [1.807, 2.05) is 37.3 Å². The van der Waals surface area contributed by atoms with Gasteiger partial charge in [0, 0.05) is 17.5 Å². The number of rotatable bonds is 4. The lowest BCUT2D eigenvalue weighted by atomic mass is 10.0. The molecule has 1 aliphatic rings. The number of nitriles is 1. The average Bonchev–Trinajstić information content (AvgIpc) is 3.05. The Labute approximate surface area is 169 Å². The van der Waals surface area contributed by atoms with E-state index in [1.165, 1.54) is 15.3 Å². The summed E-state index contributed by atoms with van der Waals surface area (Å²) >= 11 is 1.55. The van der Waals surface area contributed by atoms with Crippen LogP contribution in [0.1, 0.15) is 37.5 Å². The normalized spacial score (nSPS) is 15.5. The summed E-state index contributed by atoms with van der Waals surface area (Å²) in [6.45, 7) is 4.86. The lowest BCUT2D eigenvalue weighted by molar-refractivity contribution is -0.929. The van der Waals surface area contributed by atoms with E-state index in [-0.39, 0.29) is 5.91 Å². The third-order valence-electron chi connectivity index (χ3n) is 5.18. The summed E-state index contributed by atoms with van der Waals surface area (Å²) in [6.07, 6.45) is 0.872. The van der Waals surface area contributed by atoms with E-state index in [0.717, 1.165) is 37.2 Å². The number of amides is 1. The Kier molecular flexibility index (Phi) is 5.25. The Morgan fingerprint density at radius 3 is 2.64 bits per heavy atom. The molecule has 1 atom stereocenters. The van der Waals surface area contributed by atoms with Gasteiger partial charge < -0.3 is 10.2 Å². The van der Waals surface area contributed by atoms with Crippen LogP contribution in [0.3, 0.4) is 0 Å². The molecule has 2 aromatic carbocycles. The molecule has 4 rings (SSSR count). The van der Waals surface area contributed by atoms with E-state index in [4.69, 9.17) is 0 Å². The van der Waals surface area contributed by atoms with Crippen LogP contribution in [0.25, 0.3) is 0 Å². The number of anilines is 1. The van der Waals surface area contributed by atoms with Crippen molar-refractivity contribution in [3.8, 4) is 6.07 Å². The van der Waals surface area contributed by atoms with Crippen LogP contribution < -0.4 is 10.2 Å². The van der Waals surface area contributed by atoms with Gasteiger partial charge in [-0.3, -0.25) is 4.79 Å². The van der Waals surface area contributed by atoms with Crippen LogP contribution in [0.15, 0.2) is 54.6 Å². The molecule has 1 aromatic heterocycles. The van der Waals surface area contributed by atoms with Crippen molar-refractivity contribution in [1.29, 1.82) is 5.26 Å². The first-order valence-corrected chi connectivity index (χ1v) is 10.3. The molecule has 4 nitrogen and oxygen atoms in total. The lowest BCUT2D eigenvalue weighted by Gasteiger charge is -2.23. The zero-order valence-corrected chi connectivity index (χ0v) is 16.6. The molecule has 0 bridgehead atoms. The van der Waals surface area contributed by atoms with Gasteiger partial charge in [-0.05, 0) is 24.6 Å². The minimum absolute atomic E-state index is 0.163. The van der Waals surface area contributed by atoms with E-state index in [2.05, 4.69) is 35.7 Å². The van der Waals surface area contributed by atoms with Crippen LogP contribution in [0.2, 0.25) is 0 Å². The molecule has 28 heavy (non-hydrogen) atoms. The maximum atomic E-state index is 12.6. The monoisotopic (exact) mass is 388 g/mol. The van der Waals surface area contributed by atoms with E-state index in [0.29, 0.717) is 16.1 Å². The van der Waals surface area contributed by atoms with Crippen LogP contribution in [-0.4, -0.2) is 12.5 Å². The molecular weight excluding hydrogens is 366 g/mol. The molecule has 2 N–H and O–H groups in total. The van der Waals surface area contributed by atoms with Crippen molar-refractivity contribution in [3.63, 3.8) is 0 Å². The fourth-order valence-corrected chi connectivity index (χ4v) is 4.92. The van der Waals surface area contributed by atoms with Gasteiger partial charge in [0.2, 0.25) is 0 Å². The van der Waals surface area contributed by atoms with Crippen molar-refractivity contribution in [3.05, 3.63) is 87.3 Å². The van der Waals surface area contributed by atoms with E-state index in [1.54, 1.807) is 11.3 Å². The quantitative estimate of drug-likeness (QED) is 0.720. The number of benzene rings is 2. The second kappa shape index (κ2) is 7.97. The summed E-state index contributed by atoms with van der Waals surface area (Å²) in [7, 11) is 0. The zero-order chi connectivity index (χ0) is 19.5. The predicted octanol–water partition coefficient (Wildman–Crippen LogP) is 3.32. The predicted molar refractivity (Wildman–Crippen MR) is 112 cm³/mol. The molecular formula is C23H22N3OS+. The maximum absolute atomic E-state index is 12.6. The second-order valence-electron chi connectivity index (χ2n) is 7.23. The summed E-state index contributed by atoms with van der Waals surface area (Å²) in [5.41, 5.74) is 4.80. The Balaban J connectivity index is 1.52. The molecule has 5 heteroatoms. The molecule has 0 spiro atoms. The number of fused-ring (bicyclic) bond motifs is 1. The number of aryl methyl sites for hydroxylation is 1. The first kappa shape index (κ1) is 18.4. The number of nitrogens with one attached hydrogen (secondary N) is 2. The van der Waals surface area contributed by atoms with Crippen LogP contribution in [0, 0.1) is 18.3 Å². The van der Waals surface area contributed by atoms with Gasteiger partial charge in [-0.25, -0.2) is 0 Å². The topological polar surface area (TPSA) is 57.3 Å². The van der Waals surface area contributed by atoms with Crippen molar-refractivity contribution in [2.24, 2.45) is 0 Å². The lowest BCUT2D eigenvalue weighted by Crippen LogP contribution is -3.10. The van der Waals surface area contributed by atoms with Gasteiger partial charge in [-0.15, -0.1) is 11.3 Å². The van der Waals surface area contributed by atoms with Crippen molar-refractivity contribution >= 4 is 22.2 Å². The number of hydrogen-bond acceptors (Lipinski definition) is 3. The minimum atomic E-state index is -0.163. The molecule has 0 radical (unpaired) electrons. The summed E-state index contributed by atoms with van der Waals surface area (Å²) < 4.78 is 0. The highest BCUT2D eigenvalue weighted by Gasteiger charge is 2.27. The summed E-state index contributed by atoms with van der Waals surface area (Å²) in [6, 6.07) is 20.3. The standard InChI is InChI=1S/C23H21N3OS/c1-16-7-9-18(10-8-16)22(27)25-23-20(13-24)19-11-12-26(15-21(19)28-23)14-17-5-3-2-4-6-17/h2-10H,11-12,14-15H2,1H3,(H,25,27)/p+1. The Hall–Kier alpha value is -2.94. The highest BCUT2D eigenvalue weighted by Crippen LogP contribution is 2.34. The van der Waals surface area contributed by atoms with Crippen LogP contribution in [0.5, 0.6) is 0 Å². The van der Waals surface area contributed by atoms with Gasteiger partial charge in [-0.2, -0.15) is 5.26 Å². The van der Waals surface area contributed by atoms with Gasteiger partial charge in [0.05, 0.1) is 17.0 Å². The second-order valence-corrected chi connectivity index (χ2v) is 8.33. The molecule has 0 fully saturated rings. The van der Waals surface area contributed by atoms with E-state index in [9.17, 15) is 10.1 Å². The Morgan fingerprint density at radius 2 is 1.93 bits per heavy atom. The fourth-order valence-electron chi connectivity index (χ4n) is 3.66. The number of carbonyl (C=O) groups is 1. The summed E-state index contributed by atoms with van der Waals surface area (Å²) in [5.74, 6) is -0.163. The van der Waals surface area contributed by atoms with Gasteiger partial charge in [0.15, 0.2) is 0 Å². The Morgan fingerprint density at radius 1 is 1.18 bits per heavy atom. The van der Waals surface area contributed by atoms with E-state index < -0.39 is 0 Å². The van der Waals surface area contributed by atoms with Crippen molar-refractivity contribution < 1.29 is 9.69 Å². The van der Waals surface area contributed by atoms with Gasteiger partial charge in [0.25, 0.3) is 5.91 Å². The molecule has 1 aliphatic heterocycles. The highest BCUT2D eigenvalue weighted by atomic mass is 32.1. The third kappa shape index (κ3) is 3.84. The van der Waals surface area contributed by atoms with Crippen molar-refractivity contribution in [1.82, 2.24) is 0 Å². The summed E-state index contributed by atoms with van der Waals surface area (Å²) in [4.78, 5) is 15.3. The molecule has 0 saturated carbocycles. The molecule has 1 unspecified atom stereocenters. The van der Waals surface area contributed by atoms with Crippen LogP contribution in [0.4, 0.5) is 5.00 Å². The number of hydrogen-bond donors (Lipinski definition) is 2. The molecule has 0 aliphatic carbocycles. The highest BCUT2D eigenvalue weighted by molar-refractivity contribution is 7.16. The number of carbonyl (C=O) groups excluding carboxylic acids is 1. The smallest absolute Gasteiger partial charge is 0.256 e. The van der Waals surface area contributed by atoms with Crippen molar-refractivity contribution in [2.45, 2.75) is 26.4 Å². The molecule has 140 valence electrons. The van der Waals surface area contributed by atoms with Crippen LogP contribution in [-0.2, 0) is 19.5 Å². The third-order valence-corrected chi connectivity index (χ3v) is 6.33. The SMILES string of the molecule is Cc1ccc(C(=O)Nc2sc3c(c2C#N)CC[NH+](Cc2ccccc2)C3)cc1. The average molecular weight is 389 g/mol. The largest absolute Gasteiger partial charge is 0.326 e. The summed E-state index contributed by atoms with van der Waals surface area (Å²) in [5, 5.41) is 13.3. The van der Waals surface area contributed by atoms with Gasteiger partial charge in [-0.1, -0.05) is 48.0 Å². The minimum Gasteiger partial charge on any atom is -0.326 e. The molecule has 0 saturated heterocycles. The fraction of sp³-hybridized carbons (Fsp3) is 0.217. The first-order valence-electron chi connectivity index (χ1n) is 9.44. The molecule has 3 aromatic rings. The zero-order valence-electron chi connectivity index (χ0n) is 15.8. The maximum Gasteiger partial charge on any atom is 0.256 e. The van der Waals surface area contributed by atoms with Crippen molar-refractivity contribution in [2.75, 3.05) is 11.9 Å². The number of thiophene rings is 1. The van der Waals surface area contributed by atoms with Gasteiger partial charge in [0.1, 0.15) is 24.2 Å². The number of nitrogens with zero attached hydrogens (tertiary/aromatic N) is 1. The van der Waals surface area contributed by atoms with Gasteiger partial charge >= 0.3 is 0 Å². The first-order chi connectivity index (χ1) is 13.6.